The second-order valence-electron chi connectivity index (χ2n) is 2.96. The first kappa shape index (κ1) is 11.1. The maximum Gasteiger partial charge on any atom is 0.340 e. The average Bonchev–Trinajstić information content (AvgIpc) is 2.69. The molecule has 1 heterocycles. The third kappa shape index (κ3) is 2.23. The third-order valence-electron chi connectivity index (χ3n) is 1.90. The van der Waals surface area contributed by atoms with Crippen LogP contribution in [0.2, 0.25) is 5.02 Å². The minimum Gasteiger partial charge on any atom is -0.478 e. The molecule has 0 unspecified atom stereocenters. The zero-order valence-electron chi connectivity index (χ0n) is 8.01. The topological polar surface area (TPSA) is 50.4 Å². The molecule has 2 aromatic rings. The first-order chi connectivity index (χ1) is 7.68. The number of carbonyl (C=O) groups is 1. The lowest BCUT2D eigenvalue weighted by Gasteiger charge is -2.01. The van der Waals surface area contributed by atoms with Crippen molar-refractivity contribution in [1.29, 1.82) is 0 Å². The number of benzene rings is 1. The fraction of sp³-hybridized carbons (Fsp3) is 0. The van der Waals surface area contributed by atoms with Gasteiger partial charge in [-0.2, -0.15) is 0 Å². The Balaban J connectivity index is 2.31. The Morgan fingerprint density at radius 3 is 2.75 bits per heavy atom. The van der Waals surface area contributed by atoms with Crippen molar-refractivity contribution in [3.05, 3.63) is 47.2 Å². The number of hydrogen-bond donors (Lipinski definition) is 1. The molecule has 1 aromatic heterocycles. The van der Waals surface area contributed by atoms with Gasteiger partial charge in [0.15, 0.2) is 5.09 Å². The normalized spacial score (nSPS) is 10.3. The summed E-state index contributed by atoms with van der Waals surface area (Å²) in [6.45, 7) is 0. The maximum atomic E-state index is 10.9. The molecule has 5 heteroatoms. The van der Waals surface area contributed by atoms with Crippen molar-refractivity contribution in [2.45, 2.75) is 9.99 Å². The van der Waals surface area contributed by atoms with E-state index < -0.39 is 5.97 Å². The lowest BCUT2D eigenvalue weighted by atomic mass is 10.3. The zero-order chi connectivity index (χ0) is 11.5. The highest BCUT2D eigenvalue weighted by Gasteiger charge is 2.15. The van der Waals surface area contributed by atoms with E-state index in [1.807, 2.05) is 12.1 Å². The van der Waals surface area contributed by atoms with E-state index in [2.05, 4.69) is 0 Å². The molecule has 0 saturated carbocycles. The van der Waals surface area contributed by atoms with Crippen LogP contribution < -0.4 is 0 Å². The number of carboxylic acid groups (broad SMARTS) is 1. The lowest BCUT2D eigenvalue weighted by Crippen LogP contribution is -1.94. The van der Waals surface area contributed by atoms with Crippen molar-refractivity contribution in [3.8, 4) is 0 Å². The van der Waals surface area contributed by atoms with Gasteiger partial charge in [-0.3, -0.25) is 0 Å². The smallest absolute Gasteiger partial charge is 0.340 e. The van der Waals surface area contributed by atoms with Gasteiger partial charge in [-0.1, -0.05) is 23.7 Å². The van der Waals surface area contributed by atoms with Crippen LogP contribution in [0.15, 0.2) is 51.0 Å². The molecule has 0 radical (unpaired) electrons. The van der Waals surface area contributed by atoms with Gasteiger partial charge in [0.1, 0.15) is 5.56 Å². The second-order valence-corrected chi connectivity index (χ2v) is 4.38. The molecule has 0 spiro atoms. The molecule has 2 rings (SSSR count). The molecular weight excluding hydrogens is 248 g/mol. The van der Waals surface area contributed by atoms with Crippen molar-refractivity contribution in [1.82, 2.24) is 0 Å². The van der Waals surface area contributed by atoms with Crippen molar-refractivity contribution in [3.63, 3.8) is 0 Å². The maximum absolute atomic E-state index is 10.9. The number of aromatic carboxylic acids is 1. The van der Waals surface area contributed by atoms with Gasteiger partial charge >= 0.3 is 5.97 Å². The van der Waals surface area contributed by atoms with Crippen LogP contribution in [0.4, 0.5) is 0 Å². The van der Waals surface area contributed by atoms with Crippen LogP contribution in [-0.4, -0.2) is 11.1 Å². The van der Waals surface area contributed by atoms with Crippen LogP contribution in [-0.2, 0) is 0 Å². The number of carboxylic acids is 1. The average molecular weight is 255 g/mol. The van der Waals surface area contributed by atoms with Crippen LogP contribution in [0.1, 0.15) is 10.4 Å². The summed E-state index contributed by atoms with van der Waals surface area (Å²) in [5.74, 6) is -1.01. The molecule has 16 heavy (non-hydrogen) atoms. The van der Waals surface area contributed by atoms with Gasteiger partial charge in [0, 0.05) is 4.90 Å². The van der Waals surface area contributed by atoms with E-state index in [-0.39, 0.29) is 5.56 Å². The summed E-state index contributed by atoms with van der Waals surface area (Å²) in [4.78, 5) is 11.6. The Labute approximate surface area is 101 Å². The fourth-order valence-electron chi connectivity index (χ4n) is 1.16. The molecule has 0 aliphatic heterocycles. The predicted octanol–water partition coefficient (Wildman–Crippen LogP) is 3.78. The van der Waals surface area contributed by atoms with Crippen LogP contribution in [0, 0.1) is 0 Å². The molecule has 3 nitrogen and oxygen atoms in total. The lowest BCUT2D eigenvalue weighted by molar-refractivity contribution is 0.0690. The molecule has 0 aliphatic rings. The van der Waals surface area contributed by atoms with Gasteiger partial charge in [-0.25, -0.2) is 4.79 Å². The number of hydrogen-bond acceptors (Lipinski definition) is 3. The quantitative estimate of drug-likeness (QED) is 0.906. The molecular formula is C11H7ClO3S. The summed E-state index contributed by atoms with van der Waals surface area (Å²) in [6.07, 6.45) is 1.35. The molecule has 0 bridgehead atoms. The largest absolute Gasteiger partial charge is 0.478 e. The summed E-state index contributed by atoms with van der Waals surface area (Å²) < 4.78 is 5.11. The van der Waals surface area contributed by atoms with Crippen LogP contribution in [0.25, 0.3) is 0 Å². The van der Waals surface area contributed by atoms with E-state index in [1.54, 1.807) is 12.1 Å². The summed E-state index contributed by atoms with van der Waals surface area (Å²) >= 11 is 7.16. The molecule has 1 aromatic carbocycles. The van der Waals surface area contributed by atoms with E-state index in [4.69, 9.17) is 21.1 Å². The number of furan rings is 1. The Morgan fingerprint density at radius 2 is 2.06 bits per heavy atom. The molecule has 82 valence electrons. The minimum absolute atomic E-state index is 0.143. The second kappa shape index (κ2) is 4.63. The fourth-order valence-corrected chi connectivity index (χ4v) is 2.29. The Kier molecular flexibility index (Phi) is 3.22. The first-order valence-electron chi connectivity index (χ1n) is 4.41. The van der Waals surface area contributed by atoms with Crippen LogP contribution >= 0.6 is 23.4 Å². The van der Waals surface area contributed by atoms with Crippen molar-refractivity contribution in [2.75, 3.05) is 0 Å². The van der Waals surface area contributed by atoms with E-state index >= 15 is 0 Å². The van der Waals surface area contributed by atoms with Gasteiger partial charge in [0.05, 0.1) is 11.3 Å². The Hall–Kier alpha value is -1.39. The molecule has 1 N–H and O–H groups in total. The van der Waals surface area contributed by atoms with Gasteiger partial charge < -0.3 is 9.52 Å². The number of halogens is 1. The highest BCUT2D eigenvalue weighted by atomic mass is 35.5. The Morgan fingerprint density at radius 1 is 1.31 bits per heavy atom. The summed E-state index contributed by atoms with van der Waals surface area (Å²) in [6, 6.07) is 8.61. The summed E-state index contributed by atoms with van der Waals surface area (Å²) in [5.41, 5.74) is 0.143. The van der Waals surface area contributed by atoms with Crippen LogP contribution in [0.5, 0.6) is 0 Å². The molecule has 0 fully saturated rings. The first-order valence-corrected chi connectivity index (χ1v) is 5.61. The third-order valence-corrected chi connectivity index (χ3v) is 3.42. The molecule has 0 amide bonds. The Bertz CT molecular complexity index is 521. The van der Waals surface area contributed by atoms with E-state index in [9.17, 15) is 4.79 Å². The SMILES string of the molecule is O=C(O)c1ccoc1Sc1ccccc1Cl. The minimum atomic E-state index is -1.01. The van der Waals surface area contributed by atoms with E-state index in [1.165, 1.54) is 24.1 Å². The summed E-state index contributed by atoms with van der Waals surface area (Å²) in [5, 5.41) is 9.80. The number of rotatable bonds is 3. The summed E-state index contributed by atoms with van der Waals surface area (Å²) in [7, 11) is 0. The molecule has 0 aliphatic carbocycles. The van der Waals surface area contributed by atoms with E-state index in [0.717, 1.165) is 4.90 Å². The molecule has 0 saturated heterocycles. The van der Waals surface area contributed by atoms with Gasteiger partial charge in [-0.15, -0.1) is 0 Å². The monoisotopic (exact) mass is 254 g/mol. The zero-order valence-corrected chi connectivity index (χ0v) is 9.59. The van der Waals surface area contributed by atoms with Crippen molar-refractivity contribution in [2.24, 2.45) is 0 Å². The predicted molar refractivity (Wildman–Crippen MR) is 61.2 cm³/mol. The standard InChI is InChI=1S/C11H7ClO3S/c12-8-3-1-2-4-9(8)16-11-7(10(13)14)5-6-15-11/h1-6H,(H,13,14). The van der Waals surface area contributed by atoms with Crippen molar-refractivity contribution >= 4 is 29.3 Å². The van der Waals surface area contributed by atoms with Crippen LogP contribution in [0.3, 0.4) is 0 Å². The molecule has 0 atom stereocenters. The van der Waals surface area contributed by atoms with Gasteiger partial charge in [0.25, 0.3) is 0 Å². The highest BCUT2D eigenvalue weighted by molar-refractivity contribution is 7.99. The van der Waals surface area contributed by atoms with Gasteiger partial charge in [0.2, 0.25) is 0 Å². The highest BCUT2D eigenvalue weighted by Crippen LogP contribution is 2.35. The van der Waals surface area contributed by atoms with Gasteiger partial charge in [-0.05, 0) is 30.0 Å². The van der Waals surface area contributed by atoms with Crippen molar-refractivity contribution < 1.29 is 14.3 Å². The van der Waals surface area contributed by atoms with E-state index in [0.29, 0.717) is 10.1 Å².